The summed E-state index contributed by atoms with van der Waals surface area (Å²) in [7, 11) is 1.29. The number of nitrogens with zero attached hydrogens (tertiary/aromatic N) is 1. The lowest BCUT2D eigenvalue weighted by Crippen LogP contribution is -2.61. The van der Waals surface area contributed by atoms with Crippen molar-refractivity contribution in [2.75, 3.05) is 20.2 Å². The molecule has 57 heavy (non-hydrogen) atoms. The highest BCUT2D eigenvalue weighted by atomic mass is 32.1. The third-order valence-corrected chi connectivity index (χ3v) is 9.53. The molecule has 1 aromatic heterocycles. The predicted molar refractivity (Wildman–Crippen MR) is 207 cm³/mol. The van der Waals surface area contributed by atoms with Gasteiger partial charge in [-0.15, -0.1) is 11.3 Å². The number of benzene rings is 2. The van der Waals surface area contributed by atoms with Crippen molar-refractivity contribution in [3.8, 4) is 5.75 Å². The number of phenolic OH excluding ortho intramolecular Hbond substituents is 1. The number of carbonyl (C=O) groups is 6. The van der Waals surface area contributed by atoms with Crippen molar-refractivity contribution in [1.82, 2.24) is 37.0 Å². The number of hydrogen-bond donors (Lipinski definition) is 9. The lowest BCUT2D eigenvalue weighted by Gasteiger charge is -2.32. The van der Waals surface area contributed by atoms with Gasteiger partial charge in [-0.05, 0) is 72.6 Å². The maximum atomic E-state index is 13.9. The number of nitrogens with two attached hydrogens (primary N) is 1. The molecule has 10 N–H and O–H groups in total. The Labute approximate surface area is 332 Å². The van der Waals surface area contributed by atoms with Crippen LogP contribution in [0.2, 0.25) is 0 Å². The number of aromatic hydroxyl groups is 1. The molecule has 0 bridgehead atoms. The Morgan fingerprint density at radius 1 is 0.807 bits per heavy atom. The summed E-state index contributed by atoms with van der Waals surface area (Å²) in [6.07, 6.45) is 2.87. The van der Waals surface area contributed by atoms with Gasteiger partial charge in [0.1, 0.15) is 35.7 Å². The largest absolute Gasteiger partial charge is 0.508 e. The number of thiophene rings is 1. The van der Waals surface area contributed by atoms with Crippen molar-refractivity contribution in [3.05, 3.63) is 87.9 Å². The third kappa shape index (κ3) is 15.3. The molecule has 0 spiro atoms. The average molecular weight is 812 g/mol. The first-order valence-corrected chi connectivity index (χ1v) is 18.9. The van der Waals surface area contributed by atoms with E-state index in [0.29, 0.717) is 35.4 Å². The van der Waals surface area contributed by atoms with Crippen molar-refractivity contribution < 1.29 is 48.2 Å². The van der Waals surface area contributed by atoms with Crippen LogP contribution in [0.3, 0.4) is 0 Å². The number of aliphatic hydroxyl groups is 1. The van der Waals surface area contributed by atoms with Crippen molar-refractivity contribution in [1.29, 1.82) is 0 Å². The highest BCUT2D eigenvalue weighted by Gasteiger charge is 2.35. The fourth-order valence-electron chi connectivity index (χ4n) is 5.56. The van der Waals surface area contributed by atoms with Crippen LogP contribution in [0.4, 0.5) is 9.18 Å². The Morgan fingerprint density at radius 3 is 2.00 bits per heavy atom. The normalized spacial score (nSPS) is 13.4. The molecule has 17 nitrogen and oxygen atoms in total. The second-order valence-corrected chi connectivity index (χ2v) is 14.1. The van der Waals surface area contributed by atoms with Crippen LogP contribution in [0.1, 0.15) is 42.2 Å². The molecule has 0 aliphatic rings. The summed E-state index contributed by atoms with van der Waals surface area (Å²) in [5, 5.41) is 32.0. The third-order valence-electron chi connectivity index (χ3n) is 8.63. The molecule has 19 heteroatoms. The minimum atomic E-state index is -1.62. The van der Waals surface area contributed by atoms with Crippen LogP contribution in [0, 0.1) is 5.82 Å². The molecular formula is C38H48FN8O9S. The smallest absolute Gasteiger partial charge is 0.334 e. The van der Waals surface area contributed by atoms with Gasteiger partial charge >= 0.3 is 6.03 Å². The molecular weight excluding hydrogens is 764 g/mol. The maximum Gasteiger partial charge on any atom is 0.334 e. The van der Waals surface area contributed by atoms with Crippen LogP contribution in [0.25, 0.3) is 0 Å². The van der Waals surface area contributed by atoms with Crippen molar-refractivity contribution in [3.63, 3.8) is 0 Å². The van der Waals surface area contributed by atoms with Gasteiger partial charge in [-0.25, -0.2) is 14.6 Å². The van der Waals surface area contributed by atoms with Crippen LogP contribution in [-0.2, 0) is 48.0 Å². The Balaban J connectivity index is 1.86. The van der Waals surface area contributed by atoms with E-state index < -0.39 is 78.2 Å². The number of carbonyl (C=O) groups excluding carboxylic acids is 7. The van der Waals surface area contributed by atoms with Gasteiger partial charge < -0.3 is 42.1 Å². The monoisotopic (exact) mass is 811 g/mol. The zero-order chi connectivity index (χ0) is 41.9. The number of nitrogens with one attached hydrogen (secondary N) is 6. The molecule has 307 valence electrons. The van der Waals surface area contributed by atoms with Crippen LogP contribution in [0.15, 0.2) is 66.0 Å². The molecule has 0 aliphatic carbocycles. The highest BCUT2D eigenvalue weighted by Crippen LogP contribution is 2.16. The standard InChI is InChI=1S/C38H48FN8O9S/c1-23(50)45-46-38(56)44-30(18-24-8-12-26(39)13-9-24)34(52)42-31(20-29-7-5-17-57-29)35(53)43-32(22-49)37(55)47(2)33(19-25-10-14-28(51)15-11-25)36(54)41-27(21-48)6-3-4-16-40/h5,7-15,17,27,30-33,49,51H,3-4,6,16,18-20,22,40H2,1-2H3,(H,41,54)(H,42,52)(H,43,53)(H,45,50)(H2,44,46,56)/t27-,30+,31+,32+,33+/m1/s1. The second kappa shape index (κ2) is 23.2. The number of amides is 7. The number of halogens is 1. The molecule has 7 amide bonds. The lowest BCUT2D eigenvalue weighted by molar-refractivity contribution is -0.143. The minimum Gasteiger partial charge on any atom is -0.508 e. The van der Waals surface area contributed by atoms with E-state index in [1.165, 1.54) is 54.8 Å². The number of aliphatic hydroxyl groups excluding tert-OH is 1. The number of urea groups is 1. The van der Waals surface area contributed by atoms with Gasteiger partial charge in [0.2, 0.25) is 35.8 Å². The van der Waals surface area contributed by atoms with E-state index >= 15 is 0 Å². The van der Waals surface area contributed by atoms with Gasteiger partial charge in [-0.3, -0.25) is 34.2 Å². The number of likely N-dealkylation sites (N-methyl/N-ethyl adjacent to an activating group) is 1. The molecule has 1 heterocycles. The maximum absolute atomic E-state index is 13.9. The zero-order valence-electron chi connectivity index (χ0n) is 31.5. The number of rotatable bonds is 21. The number of phenols is 1. The Kier molecular flexibility index (Phi) is 18.5. The fourth-order valence-corrected chi connectivity index (χ4v) is 6.31. The van der Waals surface area contributed by atoms with Crippen LogP contribution < -0.4 is 37.9 Å². The Morgan fingerprint density at radius 2 is 1.42 bits per heavy atom. The van der Waals surface area contributed by atoms with Gasteiger partial charge in [0.05, 0.1) is 12.6 Å². The molecule has 3 aromatic rings. The molecule has 5 atom stereocenters. The SMILES string of the molecule is CC(=O)NNC(=O)N[C@@H](Cc1ccc(F)cc1)C(=O)N[C@@H](Cc1cccs1)C(=O)N[C@@H](CO)C(=O)N(C)[C@@H](Cc1ccc(O)cc1)C(=O)N[C@@H]([C]=O)CCCCN. The number of unbranched alkanes of at least 4 members (excludes halogenated alkanes) is 1. The zero-order valence-corrected chi connectivity index (χ0v) is 32.3. The fraction of sp³-hybridized carbons (Fsp3) is 0.395. The average Bonchev–Trinajstić information content (AvgIpc) is 3.71. The van der Waals surface area contributed by atoms with E-state index in [9.17, 15) is 48.2 Å². The molecule has 0 aliphatic heterocycles. The lowest BCUT2D eigenvalue weighted by atomic mass is 10.0. The Bertz CT molecular complexity index is 1800. The van der Waals surface area contributed by atoms with Gasteiger partial charge in [0.15, 0.2) is 0 Å². The van der Waals surface area contributed by atoms with Crippen molar-refractivity contribution in [2.24, 2.45) is 5.73 Å². The Hall–Kier alpha value is -5.92. The summed E-state index contributed by atoms with van der Waals surface area (Å²) < 4.78 is 13.6. The van der Waals surface area contributed by atoms with Crippen molar-refractivity contribution >= 4 is 53.2 Å². The van der Waals surface area contributed by atoms with Crippen molar-refractivity contribution in [2.45, 2.75) is 75.7 Å². The summed E-state index contributed by atoms with van der Waals surface area (Å²) in [6.45, 7) is 0.623. The molecule has 0 saturated carbocycles. The number of hydrogen-bond acceptors (Lipinski definition) is 11. The molecule has 0 fully saturated rings. The van der Waals surface area contributed by atoms with E-state index in [1.807, 2.05) is 0 Å². The van der Waals surface area contributed by atoms with E-state index in [2.05, 4.69) is 32.1 Å². The van der Waals surface area contributed by atoms with Gasteiger partial charge in [0, 0.05) is 38.1 Å². The van der Waals surface area contributed by atoms with E-state index in [-0.39, 0.29) is 31.4 Å². The van der Waals surface area contributed by atoms with Gasteiger partial charge in [0.25, 0.3) is 0 Å². The molecule has 0 saturated heterocycles. The van der Waals surface area contributed by atoms with Crippen LogP contribution in [0.5, 0.6) is 5.75 Å². The quantitative estimate of drug-likeness (QED) is 0.0508. The van der Waals surface area contributed by atoms with E-state index in [1.54, 1.807) is 35.9 Å². The minimum absolute atomic E-state index is 0.0298. The first kappa shape index (κ1) is 45.5. The second-order valence-electron chi connectivity index (χ2n) is 13.1. The first-order valence-electron chi connectivity index (χ1n) is 18.0. The van der Waals surface area contributed by atoms with Gasteiger partial charge in [-0.1, -0.05) is 30.3 Å². The highest BCUT2D eigenvalue weighted by molar-refractivity contribution is 7.09. The summed E-state index contributed by atoms with van der Waals surface area (Å²) >= 11 is 1.28. The van der Waals surface area contributed by atoms with Crippen LogP contribution >= 0.6 is 11.3 Å². The molecule has 1 radical (unpaired) electrons. The van der Waals surface area contributed by atoms with Gasteiger partial charge in [-0.2, -0.15) is 0 Å². The molecule has 2 aromatic carbocycles. The molecule has 3 rings (SSSR count). The van der Waals surface area contributed by atoms with E-state index in [4.69, 9.17) is 5.73 Å². The topological polar surface area (TPSA) is 261 Å². The van der Waals surface area contributed by atoms with E-state index in [0.717, 1.165) is 11.8 Å². The summed E-state index contributed by atoms with van der Waals surface area (Å²) in [5.74, 6) is -4.49. The van der Waals surface area contributed by atoms with Crippen LogP contribution in [-0.4, -0.2) is 107 Å². The predicted octanol–water partition coefficient (Wildman–Crippen LogP) is -0.148. The summed E-state index contributed by atoms with van der Waals surface area (Å²) in [4.78, 5) is 92.5. The summed E-state index contributed by atoms with van der Waals surface area (Å²) in [5.41, 5.74) is 10.7. The molecule has 0 unspecified atom stereocenters. The number of hydrazine groups is 1. The summed E-state index contributed by atoms with van der Waals surface area (Å²) in [6, 6.07) is 6.90. The first-order chi connectivity index (χ1) is 27.2.